The van der Waals surface area contributed by atoms with Crippen molar-refractivity contribution in [3.63, 3.8) is 0 Å². The van der Waals surface area contributed by atoms with Gasteiger partial charge in [-0.1, -0.05) is 52.7 Å². The van der Waals surface area contributed by atoms with E-state index in [1.54, 1.807) is 27.7 Å². The molecule has 0 amide bonds. The molecule has 0 spiro atoms. The Labute approximate surface area is 270 Å². The first-order valence-electron chi connectivity index (χ1n) is 14.6. The van der Waals surface area contributed by atoms with E-state index in [2.05, 4.69) is 0 Å². The topological polar surface area (TPSA) is 218 Å². The van der Waals surface area contributed by atoms with Gasteiger partial charge in [0.15, 0.2) is 22.3 Å². The third-order valence-corrected chi connectivity index (χ3v) is 13.9. The van der Waals surface area contributed by atoms with Gasteiger partial charge in [-0.2, -0.15) is 25.4 Å². The Balaban J connectivity index is 2.26. The second-order valence-electron chi connectivity index (χ2n) is 10.8. The monoisotopic (exact) mass is 722 g/mol. The predicted molar refractivity (Wildman–Crippen MR) is 169 cm³/mol. The normalized spacial score (nSPS) is 15.6. The summed E-state index contributed by atoms with van der Waals surface area (Å²) in [6.45, 7) is 5.71. The molecule has 2 unspecified atom stereocenters. The minimum absolute atomic E-state index is 0.137. The molecule has 0 saturated carbocycles. The van der Waals surface area contributed by atoms with Gasteiger partial charge in [-0.25, -0.2) is 16.8 Å². The molecule has 0 saturated heterocycles. The summed E-state index contributed by atoms with van der Waals surface area (Å²) in [5.41, 5.74) is -1.63. The van der Waals surface area contributed by atoms with Crippen LogP contribution >= 0.6 is 0 Å². The first kappa shape index (κ1) is 37.9. The molecule has 0 fully saturated rings. The second kappa shape index (κ2) is 14.3. The number of benzene rings is 2. The van der Waals surface area contributed by atoms with E-state index in [9.17, 15) is 52.4 Å². The summed E-state index contributed by atoms with van der Waals surface area (Å²) in [7, 11) is -19.4. The summed E-state index contributed by atoms with van der Waals surface area (Å²) in [6.07, 6.45) is 0.200. The summed E-state index contributed by atoms with van der Waals surface area (Å²) >= 11 is 0. The van der Waals surface area contributed by atoms with E-state index in [1.807, 2.05) is 0 Å². The summed E-state index contributed by atoms with van der Waals surface area (Å²) in [5.74, 6) is -1.85. The smallest absolute Gasteiger partial charge is 0.282 e. The highest BCUT2D eigenvalue weighted by molar-refractivity contribution is 7.92. The van der Waals surface area contributed by atoms with Crippen molar-refractivity contribution in [2.45, 2.75) is 86.8 Å². The molecular formula is C28H38N2O12S4. The first-order chi connectivity index (χ1) is 21.3. The largest absolute Gasteiger partial charge is 0.289 e. The van der Waals surface area contributed by atoms with Crippen molar-refractivity contribution >= 4 is 51.8 Å². The lowest BCUT2D eigenvalue weighted by Gasteiger charge is -2.30. The minimum Gasteiger partial charge on any atom is -0.289 e. The number of sulfonamides is 2. The molecule has 256 valence electrons. The van der Waals surface area contributed by atoms with Crippen molar-refractivity contribution in [3.05, 3.63) is 58.7 Å². The van der Waals surface area contributed by atoms with Gasteiger partial charge in [0.25, 0.3) is 20.2 Å². The van der Waals surface area contributed by atoms with E-state index in [4.69, 9.17) is 0 Å². The highest BCUT2D eigenvalue weighted by atomic mass is 32.2. The second-order valence-corrected chi connectivity index (χ2v) is 17.7. The molecule has 14 nitrogen and oxygen atoms in total. The van der Waals surface area contributed by atoms with Crippen LogP contribution in [0.4, 0.5) is 0 Å². The van der Waals surface area contributed by atoms with Gasteiger partial charge in [0.2, 0.25) is 20.0 Å². The number of carbonyl (C=O) groups is 2. The van der Waals surface area contributed by atoms with Crippen molar-refractivity contribution in [1.82, 2.24) is 8.61 Å². The average Bonchev–Trinajstić information content (AvgIpc) is 2.97. The molecule has 0 aliphatic heterocycles. The van der Waals surface area contributed by atoms with E-state index in [-0.39, 0.29) is 62.7 Å². The van der Waals surface area contributed by atoms with Crippen molar-refractivity contribution in [2.24, 2.45) is 0 Å². The lowest BCUT2D eigenvalue weighted by molar-refractivity contribution is 0.0976. The molecule has 0 bridgehead atoms. The Morgan fingerprint density at radius 3 is 1.57 bits per heavy atom. The van der Waals surface area contributed by atoms with E-state index >= 15 is 0 Å². The lowest BCUT2D eigenvalue weighted by Crippen LogP contribution is -2.45. The Morgan fingerprint density at radius 2 is 1.11 bits per heavy atom. The van der Waals surface area contributed by atoms with Crippen LogP contribution in [0.15, 0.2) is 46.2 Å². The zero-order valence-corrected chi connectivity index (χ0v) is 29.0. The van der Waals surface area contributed by atoms with Crippen molar-refractivity contribution in [2.75, 3.05) is 13.1 Å². The lowest BCUT2D eigenvalue weighted by atomic mass is 9.84. The highest BCUT2D eigenvalue weighted by Gasteiger charge is 2.43. The number of rotatable bonds is 16. The number of nitrogens with zero attached hydrogens (tertiary/aromatic N) is 2. The maximum absolute atomic E-state index is 14.0. The van der Waals surface area contributed by atoms with Crippen LogP contribution in [0.5, 0.6) is 0 Å². The standard InChI is InChI=1S/C28H38N2O12S4/c1-5-10-24(45(37,38)39)29(16-7-3)43(33,34)19-14-15-20-22(18-19)28(32)26-21(27(20)31)12-9-13-23(26)44(35,36)30(17-8-4)25(11-6-2)46(40,41)42/h9,12-15,18,24-25H,5-8,10-11,16-17H2,1-4H3,(H,37,38,39)(H,40,41,42). The van der Waals surface area contributed by atoms with E-state index < -0.39 is 83.5 Å². The van der Waals surface area contributed by atoms with Crippen LogP contribution in [0.1, 0.15) is 98.1 Å². The van der Waals surface area contributed by atoms with Gasteiger partial charge in [0.1, 0.15) is 0 Å². The zero-order valence-electron chi connectivity index (χ0n) is 25.8. The molecule has 0 heterocycles. The van der Waals surface area contributed by atoms with Gasteiger partial charge < -0.3 is 0 Å². The van der Waals surface area contributed by atoms with Crippen molar-refractivity contribution in [3.8, 4) is 0 Å². The molecule has 1 aliphatic carbocycles. The van der Waals surface area contributed by atoms with E-state index in [0.717, 1.165) is 24.3 Å². The van der Waals surface area contributed by atoms with Gasteiger partial charge in [-0.15, -0.1) is 0 Å². The fourth-order valence-corrected chi connectivity index (χ4v) is 12.1. The fourth-order valence-electron chi connectivity index (χ4n) is 5.44. The average molecular weight is 723 g/mol. The van der Waals surface area contributed by atoms with Crippen molar-refractivity contribution in [1.29, 1.82) is 0 Å². The molecule has 1 aliphatic rings. The molecule has 3 rings (SSSR count). The Kier molecular flexibility index (Phi) is 11.7. The highest BCUT2D eigenvalue weighted by Crippen LogP contribution is 2.36. The molecule has 2 aromatic rings. The summed E-state index contributed by atoms with van der Waals surface area (Å²) in [6, 6.07) is 6.38. The molecule has 2 aromatic carbocycles. The molecule has 0 aromatic heterocycles. The maximum Gasteiger partial charge on any atom is 0.282 e. The third-order valence-electron chi connectivity index (χ3n) is 7.46. The zero-order chi connectivity index (χ0) is 34.8. The number of fused-ring (bicyclic) bond motifs is 2. The van der Waals surface area contributed by atoms with Gasteiger partial charge in [-0.05, 0) is 49.9 Å². The number of hydrogen-bond acceptors (Lipinski definition) is 10. The summed E-state index contributed by atoms with van der Waals surface area (Å²) < 4.78 is 126. The van der Waals surface area contributed by atoms with Crippen LogP contribution in [0.3, 0.4) is 0 Å². The van der Waals surface area contributed by atoms with Crippen molar-refractivity contribution < 1.29 is 52.4 Å². The van der Waals surface area contributed by atoms with Crippen LogP contribution < -0.4 is 0 Å². The van der Waals surface area contributed by atoms with Crippen LogP contribution in [0.2, 0.25) is 0 Å². The maximum atomic E-state index is 14.0. The molecule has 18 heteroatoms. The Bertz CT molecular complexity index is 1940. The Morgan fingerprint density at radius 1 is 0.609 bits per heavy atom. The first-order valence-corrected chi connectivity index (χ1v) is 20.5. The molecule has 2 N–H and O–H groups in total. The molecule has 2 atom stereocenters. The SMILES string of the molecule is CCCC(N(CCC)S(=O)(=O)c1ccc2c(c1)C(=O)c1c(cccc1S(=O)(=O)N(CCC)C(CCC)S(=O)(=O)O)C2=O)S(=O)(=O)O. The van der Waals surface area contributed by atoms with Crippen LogP contribution in [0, 0.1) is 0 Å². The van der Waals surface area contributed by atoms with Gasteiger partial charge >= 0.3 is 0 Å². The fraction of sp³-hybridized carbons (Fsp3) is 0.500. The quantitative estimate of drug-likeness (QED) is 0.204. The summed E-state index contributed by atoms with van der Waals surface area (Å²) in [4.78, 5) is 26.3. The van der Waals surface area contributed by atoms with Crippen LogP contribution in [-0.4, -0.2) is 86.8 Å². The minimum atomic E-state index is -4.93. The Hall–Kier alpha value is -2.58. The van der Waals surface area contributed by atoms with Gasteiger partial charge in [0.05, 0.1) is 15.4 Å². The van der Waals surface area contributed by atoms with Crippen LogP contribution in [0.25, 0.3) is 0 Å². The predicted octanol–water partition coefficient (Wildman–Crippen LogP) is 3.29. The third kappa shape index (κ3) is 7.28. The van der Waals surface area contributed by atoms with Gasteiger partial charge in [-0.3, -0.25) is 18.7 Å². The molecule has 46 heavy (non-hydrogen) atoms. The van der Waals surface area contributed by atoms with E-state index in [0.29, 0.717) is 8.61 Å². The molecule has 0 radical (unpaired) electrons. The number of hydrogen-bond donors (Lipinski definition) is 2. The van der Waals surface area contributed by atoms with Crippen LogP contribution in [-0.2, 0) is 40.3 Å². The van der Waals surface area contributed by atoms with Gasteiger partial charge in [0, 0.05) is 29.8 Å². The number of ketones is 2. The number of carbonyl (C=O) groups excluding carboxylic acids is 2. The summed E-state index contributed by atoms with van der Waals surface area (Å²) in [5, 5.41) is -3.70. The van der Waals surface area contributed by atoms with E-state index in [1.165, 1.54) is 12.1 Å². The molecular weight excluding hydrogens is 685 g/mol.